The van der Waals surface area contributed by atoms with Gasteiger partial charge in [-0.3, -0.25) is 9.59 Å². The van der Waals surface area contributed by atoms with Gasteiger partial charge in [0.25, 0.3) is 0 Å². The number of hydrogen-bond acceptors (Lipinski definition) is 4. The van der Waals surface area contributed by atoms with E-state index in [-0.39, 0.29) is 12.8 Å². The number of hydrogen-bond donors (Lipinski definition) is 4. The lowest BCUT2D eigenvalue weighted by atomic mass is 9.86. The Bertz CT molecular complexity index is 336. The average molecular weight is 259 g/mol. The van der Waals surface area contributed by atoms with Crippen LogP contribution in [-0.2, 0) is 14.4 Å². The molecule has 0 aromatic rings. The van der Waals surface area contributed by atoms with Gasteiger partial charge in [0.15, 0.2) is 0 Å². The molecule has 0 aromatic carbocycles. The van der Waals surface area contributed by atoms with Crippen LogP contribution in [0.5, 0.6) is 0 Å². The van der Waals surface area contributed by atoms with E-state index in [0.717, 1.165) is 0 Å². The number of nitrogens with one attached hydrogen (secondary N) is 1. The van der Waals surface area contributed by atoms with Crippen molar-refractivity contribution in [2.75, 3.05) is 0 Å². The van der Waals surface area contributed by atoms with Gasteiger partial charge in [0.1, 0.15) is 6.04 Å². The van der Waals surface area contributed by atoms with Gasteiger partial charge in [-0.2, -0.15) is 0 Å². The first kappa shape index (κ1) is 16.4. The minimum Gasteiger partial charge on any atom is -0.480 e. The van der Waals surface area contributed by atoms with Crippen LogP contribution < -0.4 is 16.8 Å². The Morgan fingerprint density at radius 1 is 1.28 bits per heavy atom. The first-order valence-corrected chi connectivity index (χ1v) is 5.62. The van der Waals surface area contributed by atoms with Gasteiger partial charge in [0.05, 0.1) is 6.04 Å². The molecule has 0 radical (unpaired) electrons. The van der Waals surface area contributed by atoms with Crippen molar-refractivity contribution in [2.24, 2.45) is 16.9 Å². The third-order valence-electron chi connectivity index (χ3n) is 2.51. The van der Waals surface area contributed by atoms with E-state index in [2.05, 4.69) is 5.32 Å². The van der Waals surface area contributed by atoms with Crippen molar-refractivity contribution in [2.45, 2.75) is 45.7 Å². The number of amides is 2. The Balaban J connectivity index is 4.55. The number of nitrogens with two attached hydrogens (primary N) is 2. The molecule has 6 N–H and O–H groups in total. The molecule has 7 heteroatoms. The second-order valence-corrected chi connectivity index (χ2v) is 5.25. The molecule has 0 aliphatic heterocycles. The zero-order chi connectivity index (χ0) is 14.5. The lowest BCUT2D eigenvalue weighted by Gasteiger charge is -2.27. The van der Waals surface area contributed by atoms with E-state index >= 15 is 0 Å². The maximum atomic E-state index is 11.7. The fraction of sp³-hybridized carbons (Fsp3) is 0.727. The number of rotatable bonds is 6. The summed E-state index contributed by atoms with van der Waals surface area (Å²) < 4.78 is 0. The smallest absolute Gasteiger partial charge is 0.326 e. The molecule has 2 amide bonds. The van der Waals surface area contributed by atoms with Crippen LogP contribution in [0.1, 0.15) is 33.6 Å². The maximum Gasteiger partial charge on any atom is 0.326 e. The molecule has 0 aliphatic carbocycles. The molecule has 0 saturated heterocycles. The number of primary amides is 1. The first-order chi connectivity index (χ1) is 8.05. The highest BCUT2D eigenvalue weighted by molar-refractivity contribution is 5.87. The summed E-state index contributed by atoms with van der Waals surface area (Å²) >= 11 is 0. The van der Waals surface area contributed by atoms with Crippen LogP contribution in [0, 0.1) is 5.41 Å². The molecular formula is C11H21N3O4. The van der Waals surface area contributed by atoms with E-state index in [0.29, 0.717) is 0 Å². The van der Waals surface area contributed by atoms with Crippen LogP contribution >= 0.6 is 0 Å². The van der Waals surface area contributed by atoms with E-state index in [1.807, 2.05) is 0 Å². The van der Waals surface area contributed by atoms with Gasteiger partial charge in [-0.25, -0.2) is 4.79 Å². The molecule has 0 spiro atoms. The van der Waals surface area contributed by atoms with Crippen LogP contribution in [0.15, 0.2) is 0 Å². The molecule has 0 aromatic heterocycles. The summed E-state index contributed by atoms with van der Waals surface area (Å²) in [5.41, 5.74) is 10.2. The van der Waals surface area contributed by atoms with Crippen LogP contribution in [-0.4, -0.2) is 35.0 Å². The number of aliphatic carboxylic acids is 1. The highest BCUT2D eigenvalue weighted by atomic mass is 16.4. The number of carboxylic acid groups (broad SMARTS) is 1. The Morgan fingerprint density at radius 2 is 1.78 bits per heavy atom. The third kappa shape index (κ3) is 5.62. The summed E-state index contributed by atoms with van der Waals surface area (Å²) in [7, 11) is 0. The van der Waals surface area contributed by atoms with Crippen molar-refractivity contribution in [3.8, 4) is 0 Å². The number of carbonyl (C=O) groups excluding carboxylic acids is 2. The van der Waals surface area contributed by atoms with Gasteiger partial charge >= 0.3 is 5.97 Å². The largest absolute Gasteiger partial charge is 0.480 e. The molecule has 7 nitrogen and oxygen atoms in total. The molecule has 0 unspecified atom stereocenters. The van der Waals surface area contributed by atoms with Crippen molar-refractivity contribution >= 4 is 17.8 Å². The van der Waals surface area contributed by atoms with E-state index in [4.69, 9.17) is 16.6 Å². The molecule has 18 heavy (non-hydrogen) atoms. The Labute approximate surface area is 106 Å². The summed E-state index contributed by atoms with van der Waals surface area (Å²) in [5, 5.41) is 11.2. The third-order valence-corrected chi connectivity index (χ3v) is 2.51. The lowest BCUT2D eigenvalue weighted by molar-refractivity contribution is -0.142. The molecular weight excluding hydrogens is 238 g/mol. The molecule has 2 atom stereocenters. The average Bonchev–Trinajstić information content (AvgIpc) is 2.20. The predicted octanol–water partition coefficient (Wildman–Crippen LogP) is -0.805. The zero-order valence-electron chi connectivity index (χ0n) is 10.9. The van der Waals surface area contributed by atoms with E-state index in [1.165, 1.54) is 0 Å². The minimum absolute atomic E-state index is 0.0483. The summed E-state index contributed by atoms with van der Waals surface area (Å²) in [6.45, 7) is 5.32. The molecule has 0 bridgehead atoms. The monoisotopic (exact) mass is 259 g/mol. The van der Waals surface area contributed by atoms with Gasteiger partial charge in [-0.15, -0.1) is 0 Å². The van der Waals surface area contributed by atoms with E-state index < -0.39 is 35.3 Å². The van der Waals surface area contributed by atoms with Crippen molar-refractivity contribution in [3.63, 3.8) is 0 Å². The Kier molecular flexibility index (Phi) is 5.77. The first-order valence-electron chi connectivity index (χ1n) is 5.62. The molecule has 0 heterocycles. The van der Waals surface area contributed by atoms with Gasteiger partial charge in [-0.05, 0) is 11.8 Å². The fourth-order valence-electron chi connectivity index (χ4n) is 1.20. The number of carbonyl (C=O) groups is 3. The van der Waals surface area contributed by atoms with Gasteiger partial charge in [0, 0.05) is 6.42 Å². The normalized spacial score (nSPS) is 14.7. The van der Waals surface area contributed by atoms with Crippen molar-refractivity contribution in [1.82, 2.24) is 5.32 Å². The van der Waals surface area contributed by atoms with Gasteiger partial charge in [0.2, 0.25) is 11.8 Å². The zero-order valence-corrected chi connectivity index (χ0v) is 10.9. The Hall–Kier alpha value is -1.63. The maximum absolute atomic E-state index is 11.7. The van der Waals surface area contributed by atoms with Crippen LogP contribution in [0.3, 0.4) is 0 Å². The highest BCUT2D eigenvalue weighted by Gasteiger charge is 2.30. The molecule has 104 valence electrons. The van der Waals surface area contributed by atoms with Gasteiger partial charge in [-0.1, -0.05) is 20.8 Å². The minimum atomic E-state index is -1.22. The second-order valence-electron chi connectivity index (χ2n) is 5.25. The van der Waals surface area contributed by atoms with E-state index in [9.17, 15) is 14.4 Å². The summed E-state index contributed by atoms with van der Waals surface area (Å²) in [6, 6.07) is -1.98. The van der Waals surface area contributed by atoms with Crippen molar-refractivity contribution in [1.29, 1.82) is 0 Å². The van der Waals surface area contributed by atoms with E-state index in [1.54, 1.807) is 20.8 Å². The lowest BCUT2D eigenvalue weighted by Crippen LogP contribution is -2.53. The number of carboxylic acids is 1. The van der Waals surface area contributed by atoms with Crippen LogP contribution in [0.25, 0.3) is 0 Å². The van der Waals surface area contributed by atoms with Crippen molar-refractivity contribution < 1.29 is 19.5 Å². The highest BCUT2D eigenvalue weighted by Crippen LogP contribution is 2.17. The standard InChI is InChI=1S/C11H21N3O4/c1-11(2,3)8(13)9(16)14-6(10(17)18)4-5-7(12)15/h6,8H,4-5,13H2,1-3H3,(H2,12,15)(H,14,16)(H,17,18)/t6-,8-/m0/s1. The van der Waals surface area contributed by atoms with Crippen LogP contribution in [0.2, 0.25) is 0 Å². The van der Waals surface area contributed by atoms with Crippen molar-refractivity contribution in [3.05, 3.63) is 0 Å². The summed E-state index contributed by atoms with van der Waals surface area (Å²) in [6.07, 6.45) is -0.157. The SMILES string of the molecule is CC(C)(C)[C@@H](N)C(=O)N[C@@H](CCC(N)=O)C(=O)O. The quantitative estimate of drug-likeness (QED) is 0.495. The molecule has 0 saturated carbocycles. The predicted molar refractivity (Wildman–Crippen MR) is 65.4 cm³/mol. The summed E-state index contributed by atoms with van der Waals surface area (Å²) in [4.78, 5) is 33.2. The topological polar surface area (TPSA) is 136 Å². The Morgan fingerprint density at radius 3 is 2.11 bits per heavy atom. The molecule has 0 aliphatic rings. The second kappa shape index (κ2) is 6.34. The molecule has 0 fully saturated rings. The summed E-state index contributed by atoms with van der Waals surface area (Å²) in [5.74, 6) is -2.39. The fourth-order valence-corrected chi connectivity index (χ4v) is 1.20. The molecule has 0 rings (SSSR count). The van der Waals surface area contributed by atoms with Gasteiger partial charge < -0.3 is 21.9 Å². The van der Waals surface area contributed by atoms with Crippen LogP contribution in [0.4, 0.5) is 0 Å².